The maximum atomic E-state index is 11.8. The van der Waals surface area contributed by atoms with Gasteiger partial charge in [0.15, 0.2) is 0 Å². The van der Waals surface area contributed by atoms with E-state index in [2.05, 4.69) is 10.6 Å². The predicted octanol–water partition coefficient (Wildman–Crippen LogP) is 1.23. The Balaban J connectivity index is 1.59. The van der Waals surface area contributed by atoms with Gasteiger partial charge in [-0.1, -0.05) is 37.3 Å². The van der Waals surface area contributed by atoms with Gasteiger partial charge < -0.3 is 15.4 Å². The minimum absolute atomic E-state index is 0.0117. The SMILES string of the molecule is CC(CNCC(=O)NC1CC1)C(=O)OCc1ccccc1. The standard InChI is InChI=1S/C16H22N2O3/c1-12(9-17-10-15(19)18-14-7-8-14)16(20)21-11-13-5-3-2-4-6-13/h2-6,12,14,17H,7-11H2,1H3,(H,18,19). The van der Waals surface area contributed by atoms with E-state index in [4.69, 9.17) is 4.74 Å². The molecule has 0 saturated heterocycles. The zero-order valence-corrected chi connectivity index (χ0v) is 12.3. The Morgan fingerprint density at radius 2 is 2.00 bits per heavy atom. The van der Waals surface area contributed by atoms with Crippen LogP contribution in [0.25, 0.3) is 0 Å². The second kappa shape index (κ2) is 7.78. The molecule has 2 N–H and O–H groups in total. The Kier molecular flexibility index (Phi) is 5.75. The second-order valence-electron chi connectivity index (χ2n) is 5.47. The van der Waals surface area contributed by atoms with Crippen LogP contribution >= 0.6 is 0 Å². The molecule has 114 valence electrons. The molecule has 0 radical (unpaired) electrons. The van der Waals surface area contributed by atoms with Gasteiger partial charge in [-0.15, -0.1) is 0 Å². The van der Waals surface area contributed by atoms with Crippen molar-refractivity contribution in [2.45, 2.75) is 32.4 Å². The van der Waals surface area contributed by atoms with E-state index >= 15 is 0 Å². The van der Waals surface area contributed by atoms with Crippen molar-refractivity contribution in [3.05, 3.63) is 35.9 Å². The smallest absolute Gasteiger partial charge is 0.310 e. The van der Waals surface area contributed by atoms with E-state index < -0.39 is 0 Å². The van der Waals surface area contributed by atoms with E-state index in [1.165, 1.54) is 0 Å². The molecular formula is C16H22N2O3. The van der Waals surface area contributed by atoms with Gasteiger partial charge in [-0.05, 0) is 18.4 Å². The molecular weight excluding hydrogens is 268 g/mol. The number of carbonyl (C=O) groups is 2. The van der Waals surface area contributed by atoms with Gasteiger partial charge in [0, 0.05) is 12.6 Å². The summed E-state index contributed by atoms with van der Waals surface area (Å²) in [6.45, 7) is 2.75. The first-order chi connectivity index (χ1) is 10.1. The van der Waals surface area contributed by atoms with Crippen LogP contribution in [0.15, 0.2) is 30.3 Å². The van der Waals surface area contributed by atoms with E-state index in [0.29, 0.717) is 12.6 Å². The summed E-state index contributed by atoms with van der Waals surface area (Å²) < 4.78 is 5.24. The predicted molar refractivity (Wildman–Crippen MR) is 79.4 cm³/mol. The van der Waals surface area contributed by atoms with Crippen molar-refractivity contribution < 1.29 is 14.3 Å². The Hall–Kier alpha value is -1.88. The topological polar surface area (TPSA) is 67.4 Å². The molecule has 1 aliphatic rings. The zero-order valence-electron chi connectivity index (χ0n) is 12.3. The molecule has 1 fully saturated rings. The van der Waals surface area contributed by atoms with Crippen molar-refractivity contribution in [3.63, 3.8) is 0 Å². The van der Waals surface area contributed by atoms with Gasteiger partial charge in [0.05, 0.1) is 12.5 Å². The van der Waals surface area contributed by atoms with Crippen molar-refractivity contribution in [1.82, 2.24) is 10.6 Å². The third kappa shape index (κ3) is 5.95. The molecule has 1 aliphatic carbocycles. The van der Waals surface area contributed by atoms with Crippen molar-refractivity contribution in [3.8, 4) is 0 Å². The molecule has 1 amide bonds. The molecule has 5 nitrogen and oxygen atoms in total. The summed E-state index contributed by atoms with van der Waals surface area (Å²) in [6, 6.07) is 9.94. The highest BCUT2D eigenvalue weighted by atomic mass is 16.5. The summed E-state index contributed by atoms with van der Waals surface area (Å²) in [5, 5.41) is 5.87. The van der Waals surface area contributed by atoms with Gasteiger partial charge in [0.25, 0.3) is 0 Å². The first-order valence-electron chi connectivity index (χ1n) is 7.36. The van der Waals surface area contributed by atoms with E-state index in [1.807, 2.05) is 30.3 Å². The van der Waals surface area contributed by atoms with E-state index in [-0.39, 0.29) is 30.9 Å². The van der Waals surface area contributed by atoms with Crippen LogP contribution in [0.1, 0.15) is 25.3 Å². The molecule has 0 aromatic heterocycles. The Bertz CT molecular complexity index is 472. The van der Waals surface area contributed by atoms with Crippen molar-refractivity contribution in [2.24, 2.45) is 5.92 Å². The average Bonchev–Trinajstić information content (AvgIpc) is 3.29. The van der Waals surface area contributed by atoms with Crippen LogP contribution in [-0.2, 0) is 20.9 Å². The van der Waals surface area contributed by atoms with Crippen LogP contribution in [0.5, 0.6) is 0 Å². The summed E-state index contributed by atoms with van der Waals surface area (Å²) in [5.41, 5.74) is 0.967. The first kappa shape index (κ1) is 15.5. The van der Waals surface area contributed by atoms with Crippen LogP contribution in [0, 0.1) is 5.92 Å². The number of ether oxygens (including phenoxy) is 1. The highest BCUT2D eigenvalue weighted by Crippen LogP contribution is 2.18. The summed E-state index contributed by atoms with van der Waals surface area (Å²) in [7, 11) is 0. The van der Waals surface area contributed by atoms with Gasteiger partial charge >= 0.3 is 5.97 Å². The van der Waals surface area contributed by atoms with Gasteiger partial charge in [-0.25, -0.2) is 0 Å². The largest absolute Gasteiger partial charge is 0.461 e. The van der Waals surface area contributed by atoms with Gasteiger partial charge in [0.2, 0.25) is 5.91 Å². The maximum absolute atomic E-state index is 11.8. The summed E-state index contributed by atoms with van der Waals surface area (Å²) in [4.78, 5) is 23.3. The van der Waals surface area contributed by atoms with Crippen LogP contribution in [0.4, 0.5) is 0 Å². The lowest BCUT2D eigenvalue weighted by Gasteiger charge is -2.12. The minimum Gasteiger partial charge on any atom is -0.461 e. The lowest BCUT2D eigenvalue weighted by atomic mass is 10.2. The number of amides is 1. The normalized spacial score (nSPS) is 15.3. The number of hydrogen-bond donors (Lipinski definition) is 2. The molecule has 0 aliphatic heterocycles. The lowest BCUT2D eigenvalue weighted by molar-refractivity contribution is -0.149. The van der Waals surface area contributed by atoms with Crippen LogP contribution in [0.3, 0.4) is 0 Å². The molecule has 0 bridgehead atoms. The second-order valence-corrected chi connectivity index (χ2v) is 5.47. The summed E-state index contributed by atoms with van der Waals surface area (Å²) in [5.74, 6) is -0.543. The van der Waals surface area contributed by atoms with Gasteiger partial charge in [0.1, 0.15) is 6.61 Å². The Labute approximate surface area is 125 Å². The molecule has 21 heavy (non-hydrogen) atoms. The number of rotatable bonds is 8. The van der Waals surface area contributed by atoms with Crippen molar-refractivity contribution in [1.29, 1.82) is 0 Å². The Morgan fingerprint density at radius 1 is 1.29 bits per heavy atom. The fourth-order valence-corrected chi connectivity index (χ4v) is 1.86. The molecule has 1 unspecified atom stereocenters. The first-order valence-corrected chi connectivity index (χ1v) is 7.36. The fraction of sp³-hybridized carbons (Fsp3) is 0.500. The van der Waals surface area contributed by atoms with Crippen LogP contribution in [-0.4, -0.2) is 31.0 Å². The summed E-state index contributed by atoms with van der Waals surface area (Å²) >= 11 is 0. The molecule has 0 heterocycles. The Morgan fingerprint density at radius 3 is 2.67 bits per heavy atom. The molecule has 0 spiro atoms. The maximum Gasteiger partial charge on any atom is 0.310 e. The molecule has 1 aromatic carbocycles. The zero-order chi connectivity index (χ0) is 15.1. The number of benzene rings is 1. The molecule has 1 saturated carbocycles. The molecule has 1 atom stereocenters. The van der Waals surface area contributed by atoms with Crippen molar-refractivity contribution >= 4 is 11.9 Å². The third-order valence-corrected chi connectivity index (χ3v) is 3.30. The number of nitrogens with one attached hydrogen (secondary N) is 2. The monoisotopic (exact) mass is 290 g/mol. The lowest BCUT2D eigenvalue weighted by Crippen LogP contribution is -2.38. The number of carbonyl (C=O) groups excluding carboxylic acids is 2. The molecule has 1 aromatic rings. The average molecular weight is 290 g/mol. The van der Waals surface area contributed by atoms with Crippen LogP contribution in [0.2, 0.25) is 0 Å². The number of esters is 1. The van der Waals surface area contributed by atoms with E-state index in [1.54, 1.807) is 6.92 Å². The minimum atomic E-state index is -0.276. The number of hydrogen-bond acceptors (Lipinski definition) is 4. The van der Waals surface area contributed by atoms with Crippen LogP contribution < -0.4 is 10.6 Å². The molecule has 2 rings (SSSR count). The van der Waals surface area contributed by atoms with E-state index in [9.17, 15) is 9.59 Å². The van der Waals surface area contributed by atoms with E-state index in [0.717, 1.165) is 18.4 Å². The van der Waals surface area contributed by atoms with Crippen molar-refractivity contribution in [2.75, 3.05) is 13.1 Å². The molecule has 5 heteroatoms. The summed E-state index contributed by atoms with van der Waals surface area (Å²) in [6.07, 6.45) is 2.15. The highest BCUT2D eigenvalue weighted by molar-refractivity contribution is 5.78. The van der Waals surface area contributed by atoms with Gasteiger partial charge in [-0.3, -0.25) is 9.59 Å². The quantitative estimate of drug-likeness (QED) is 0.707. The fourth-order valence-electron chi connectivity index (χ4n) is 1.86. The highest BCUT2D eigenvalue weighted by Gasteiger charge is 2.23. The van der Waals surface area contributed by atoms with Gasteiger partial charge in [-0.2, -0.15) is 0 Å². The third-order valence-electron chi connectivity index (χ3n) is 3.30.